The summed E-state index contributed by atoms with van der Waals surface area (Å²) < 4.78 is 5.62. The van der Waals surface area contributed by atoms with Crippen LogP contribution in [0, 0.1) is 18.3 Å². The predicted octanol–water partition coefficient (Wildman–Crippen LogP) is 3.59. The number of nitrogens with zero attached hydrogens (tertiary/aromatic N) is 4. The van der Waals surface area contributed by atoms with Crippen molar-refractivity contribution in [3.05, 3.63) is 57.4 Å². The van der Waals surface area contributed by atoms with Gasteiger partial charge in [0, 0.05) is 11.1 Å². The molecule has 22 heavy (non-hydrogen) atoms. The zero-order valence-electron chi connectivity index (χ0n) is 11.8. The second-order valence-electron chi connectivity index (χ2n) is 4.59. The van der Waals surface area contributed by atoms with Crippen molar-refractivity contribution in [2.45, 2.75) is 24.3 Å². The van der Waals surface area contributed by atoms with Gasteiger partial charge < -0.3 is 4.42 Å². The van der Waals surface area contributed by atoms with E-state index >= 15 is 0 Å². The van der Waals surface area contributed by atoms with Crippen LogP contribution in [0.5, 0.6) is 0 Å². The number of nitriles is 1. The van der Waals surface area contributed by atoms with Gasteiger partial charge in [0.1, 0.15) is 0 Å². The normalized spacial score (nSPS) is 10.5. The first-order valence-corrected chi connectivity index (χ1v) is 8.44. The number of aryl methyl sites for hydroxylation is 1. The van der Waals surface area contributed by atoms with Crippen LogP contribution in [-0.4, -0.2) is 15.2 Å². The molecule has 3 rings (SSSR count). The summed E-state index contributed by atoms with van der Waals surface area (Å²) in [5.41, 5.74) is 2.72. The van der Waals surface area contributed by atoms with E-state index in [2.05, 4.69) is 21.3 Å². The lowest BCUT2D eigenvalue weighted by Gasteiger charge is -1.97. The van der Waals surface area contributed by atoms with Crippen molar-refractivity contribution in [1.82, 2.24) is 15.2 Å². The molecule has 0 unspecified atom stereocenters. The van der Waals surface area contributed by atoms with Gasteiger partial charge in [-0.2, -0.15) is 5.26 Å². The molecule has 0 aliphatic heterocycles. The van der Waals surface area contributed by atoms with Gasteiger partial charge in [-0.25, -0.2) is 4.98 Å². The number of hydrogen-bond donors (Lipinski definition) is 0. The minimum absolute atomic E-state index is 0.548. The maximum absolute atomic E-state index is 8.77. The van der Waals surface area contributed by atoms with E-state index < -0.39 is 0 Å². The van der Waals surface area contributed by atoms with Crippen molar-refractivity contribution in [2.75, 3.05) is 0 Å². The highest BCUT2D eigenvalue weighted by Crippen LogP contribution is 2.22. The molecule has 110 valence electrons. The minimum atomic E-state index is 0.548. The van der Waals surface area contributed by atoms with Crippen molar-refractivity contribution in [3.8, 4) is 6.07 Å². The molecule has 2 heterocycles. The van der Waals surface area contributed by atoms with E-state index in [1.165, 1.54) is 11.8 Å². The number of hydrogen-bond acceptors (Lipinski definition) is 7. The van der Waals surface area contributed by atoms with Crippen LogP contribution in [0.3, 0.4) is 0 Å². The van der Waals surface area contributed by atoms with Gasteiger partial charge >= 0.3 is 0 Å². The lowest BCUT2D eigenvalue weighted by Crippen LogP contribution is -1.88. The third-order valence-corrected chi connectivity index (χ3v) is 4.60. The number of thioether (sulfide) groups is 1. The molecule has 0 saturated carbocycles. The van der Waals surface area contributed by atoms with Crippen LogP contribution in [0.25, 0.3) is 0 Å². The van der Waals surface area contributed by atoms with Crippen LogP contribution < -0.4 is 0 Å². The highest BCUT2D eigenvalue weighted by Gasteiger charge is 2.09. The molecule has 0 aliphatic carbocycles. The monoisotopic (exact) mass is 328 g/mol. The van der Waals surface area contributed by atoms with Gasteiger partial charge in [-0.1, -0.05) is 23.9 Å². The van der Waals surface area contributed by atoms with Crippen molar-refractivity contribution in [2.24, 2.45) is 0 Å². The Morgan fingerprint density at radius 3 is 2.77 bits per heavy atom. The Balaban J connectivity index is 1.58. The Morgan fingerprint density at radius 1 is 1.27 bits per heavy atom. The van der Waals surface area contributed by atoms with Gasteiger partial charge in [-0.15, -0.1) is 21.5 Å². The van der Waals surface area contributed by atoms with E-state index in [1.54, 1.807) is 23.5 Å². The van der Waals surface area contributed by atoms with E-state index in [0.29, 0.717) is 23.1 Å². The molecule has 1 aromatic carbocycles. The maximum Gasteiger partial charge on any atom is 0.276 e. The molecular weight excluding hydrogens is 316 g/mol. The van der Waals surface area contributed by atoms with Crippen LogP contribution in [0.15, 0.2) is 39.3 Å². The van der Waals surface area contributed by atoms with Gasteiger partial charge in [-0.3, -0.25) is 0 Å². The fourth-order valence-corrected chi connectivity index (χ4v) is 3.18. The maximum atomic E-state index is 8.77. The summed E-state index contributed by atoms with van der Waals surface area (Å²) in [7, 11) is 0. The predicted molar refractivity (Wildman–Crippen MR) is 84.7 cm³/mol. The second-order valence-corrected chi connectivity index (χ2v) is 6.58. The SMILES string of the molecule is Cc1nc(Cc2nnc(SCc3ccc(C#N)cc3)o2)cs1. The van der Waals surface area contributed by atoms with Crippen LogP contribution in [-0.2, 0) is 12.2 Å². The first-order chi connectivity index (χ1) is 10.7. The van der Waals surface area contributed by atoms with Crippen molar-refractivity contribution in [1.29, 1.82) is 5.26 Å². The zero-order chi connectivity index (χ0) is 15.4. The molecule has 0 spiro atoms. The Labute approximate surface area is 136 Å². The summed E-state index contributed by atoms with van der Waals surface area (Å²) in [6, 6.07) is 9.58. The van der Waals surface area contributed by atoms with Crippen LogP contribution >= 0.6 is 23.1 Å². The van der Waals surface area contributed by atoms with E-state index in [4.69, 9.17) is 9.68 Å². The summed E-state index contributed by atoms with van der Waals surface area (Å²) >= 11 is 3.09. The molecule has 0 saturated heterocycles. The molecule has 5 nitrogen and oxygen atoms in total. The molecular formula is C15H12N4OS2. The van der Waals surface area contributed by atoms with Crippen molar-refractivity contribution < 1.29 is 4.42 Å². The third kappa shape index (κ3) is 3.72. The summed E-state index contributed by atoms with van der Waals surface area (Å²) in [5.74, 6) is 1.30. The minimum Gasteiger partial charge on any atom is -0.416 e. The van der Waals surface area contributed by atoms with E-state index in [1.807, 2.05) is 24.4 Å². The molecule has 0 atom stereocenters. The van der Waals surface area contributed by atoms with Crippen LogP contribution in [0.4, 0.5) is 0 Å². The molecule has 7 heteroatoms. The van der Waals surface area contributed by atoms with Crippen molar-refractivity contribution >= 4 is 23.1 Å². The quantitative estimate of drug-likeness (QED) is 0.666. The van der Waals surface area contributed by atoms with Gasteiger partial charge in [0.05, 0.1) is 28.8 Å². The summed E-state index contributed by atoms with van der Waals surface area (Å²) in [6.07, 6.45) is 0.564. The lowest BCUT2D eigenvalue weighted by atomic mass is 10.2. The Hall–Kier alpha value is -2.17. The van der Waals surface area contributed by atoms with E-state index in [-0.39, 0.29) is 0 Å². The number of benzene rings is 1. The average Bonchev–Trinajstić information content (AvgIpc) is 3.15. The van der Waals surface area contributed by atoms with E-state index in [0.717, 1.165) is 22.0 Å². The molecule has 3 aromatic rings. The Morgan fingerprint density at radius 2 is 2.09 bits per heavy atom. The van der Waals surface area contributed by atoms with Gasteiger partial charge in [0.25, 0.3) is 5.22 Å². The summed E-state index contributed by atoms with van der Waals surface area (Å²) in [6.45, 7) is 1.97. The fraction of sp³-hybridized carbons (Fsp3) is 0.200. The zero-order valence-corrected chi connectivity index (χ0v) is 13.4. The molecule has 0 aliphatic rings. The summed E-state index contributed by atoms with van der Waals surface area (Å²) in [4.78, 5) is 4.38. The first kappa shape index (κ1) is 14.8. The van der Waals surface area contributed by atoms with Gasteiger partial charge in [0.15, 0.2) is 0 Å². The molecule has 0 amide bonds. The highest BCUT2D eigenvalue weighted by atomic mass is 32.2. The molecule has 0 fully saturated rings. The number of rotatable bonds is 5. The van der Waals surface area contributed by atoms with Crippen LogP contribution in [0.1, 0.15) is 27.7 Å². The average molecular weight is 328 g/mol. The smallest absolute Gasteiger partial charge is 0.276 e. The molecule has 0 radical (unpaired) electrons. The summed E-state index contributed by atoms with van der Waals surface area (Å²) in [5, 5.41) is 20.4. The lowest BCUT2D eigenvalue weighted by molar-refractivity contribution is 0.419. The second kappa shape index (κ2) is 6.73. The topological polar surface area (TPSA) is 75.6 Å². The van der Waals surface area contributed by atoms with Gasteiger partial charge in [0.2, 0.25) is 5.89 Å². The third-order valence-electron chi connectivity index (χ3n) is 2.89. The van der Waals surface area contributed by atoms with Crippen molar-refractivity contribution in [3.63, 3.8) is 0 Å². The fourth-order valence-electron chi connectivity index (χ4n) is 1.83. The largest absolute Gasteiger partial charge is 0.416 e. The number of thiazole rings is 1. The Kier molecular flexibility index (Phi) is 4.51. The first-order valence-electron chi connectivity index (χ1n) is 6.58. The molecule has 2 aromatic heterocycles. The van der Waals surface area contributed by atoms with Crippen LogP contribution in [0.2, 0.25) is 0 Å². The van der Waals surface area contributed by atoms with E-state index in [9.17, 15) is 0 Å². The Bertz CT molecular complexity index is 802. The standard InChI is InChI=1S/C15H12N4OS2/c1-10-17-13(9-21-10)6-14-18-19-15(20-14)22-8-12-4-2-11(7-16)3-5-12/h2-5,9H,6,8H2,1H3. The molecule has 0 N–H and O–H groups in total. The molecule has 0 bridgehead atoms. The highest BCUT2D eigenvalue weighted by molar-refractivity contribution is 7.98. The van der Waals surface area contributed by atoms with Gasteiger partial charge in [-0.05, 0) is 24.6 Å². The number of aromatic nitrogens is 3.